The van der Waals surface area contributed by atoms with Gasteiger partial charge in [-0.05, 0) is 24.6 Å². The van der Waals surface area contributed by atoms with Gasteiger partial charge in [-0.1, -0.05) is 30.1 Å². The molecule has 1 unspecified atom stereocenters. The molecule has 0 aromatic heterocycles. The summed E-state index contributed by atoms with van der Waals surface area (Å²) < 4.78 is 0. The Morgan fingerprint density at radius 1 is 1.39 bits per heavy atom. The van der Waals surface area contributed by atoms with Crippen molar-refractivity contribution in [3.63, 3.8) is 0 Å². The van der Waals surface area contributed by atoms with Gasteiger partial charge in [-0.15, -0.1) is 0 Å². The monoisotopic (exact) mass is 289 g/mol. The molecule has 0 aliphatic heterocycles. The smallest absolute Gasteiger partial charge is 0.326 e. The maximum atomic E-state index is 11.7. The van der Waals surface area contributed by atoms with Crippen LogP contribution in [0.4, 0.5) is 5.69 Å². The molecule has 0 fully saturated rings. The van der Waals surface area contributed by atoms with Crippen LogP contribution >= 0.6 is 23.2 Å². The van der Waals surface area contributed by atoms with E-state index in [-0.39, 0.29) is 17.4 Å². The second-order valence-electron chi connectivity index (χ2n) is 3.75. The minimum absolute atomic E-state index is 0.248. The van der Waals surface area contributed by atoms with Crippen LogP contribution in [-0.2, 0) is 9.59 Å². The number of nitrogens with zero attached hydrogens (tertiary/aromatic N) is 1. The van der Waals surface area contributed by atoms with Gasteiger partial charge >= 0.3 is 5.97 Å². The van der Waals surface area contributed by atoms with E-state index in [4.69, 9.17) is 28.3 Å². The fourth-order valence-corrected chi connectivity index (χ4v) is 2.20. The number of halogens is 2. The number of carboxylic acids is 1. The summed E-state index contributed by atoms with van der Waals surface area (Å²) in [7, 11) is 0. The highest BCUT2D eigenvalue weighted by Gasteiger charge is 2.28. The fourth-order valence-electron chi connectivity index (χ4n) is 1.70. The highest BCUT2D eigenvalue weighted by molar-refractivity contribution is 6.36. The zero-order valence-corrected chi connectivity index (χ0v) is 11.5. The minimum Gasteiger partial charge on any atom is -0.480 e. The van der Waals surface area contributed by atoms with Crippen LogP contribution < -0.4 is 4.90 Å². The van der Waals surface area contributed by atoms with E-state index in [2.05, 4.69) is 0 Å². The van der Waals surface area contributed by atoms with Crippen molar-refractivity contribution in [3.05, 3.63) is 28.2 Å². The Morgan fingerprint density at radius 3 is 2.39 bits per heavy atom. The Kier molecular flexibility index (Phi) is 4.99. The van der Waals surface area contributed by atoms with E-state index in [0.717, 1.165) is 0 Å². The van der Waals surface area contributed by atoms with Crippen LogP contribution in [-0.4, -0.2) is 23.0 Å². The molecule has 98 valence electrons. The Morgan fingerprint density at radius 2 is 2.00 bits per heavy atom. The van der Waals surface area contributed by atoms with Gasteiger partial charge in [0.2, 0.25) is 5.91 Å². The molecular weight excluding hydrogens is 277 g/mol. The van der Waals surface area contributed by atoms with Gasteiger partial charge in [-0.3, -0.25) is 9.69 Å². The number of amides is 1. The first-order chi connectivity index (χ1) is 8.38. The minimum atomic E-state index is -1.07. The number of benzene rings is 1. The molecule has 0 spiro atoms. The van der Waals surface area contributed by atoms with Crippen LogP contribution in [0.25, 0.3) is 0 Å². The quantitative estimate of drug-likeness (QED) is 0.926. The average Bonchev–Trinajstić information content (AvgIpc) is 2.26. The van der Waals surface area contributed by atoms with Crippen LogP contribution in [0.2, 0.25) is 10.0 Å². The Bertz CT molecular complexity index is 476. The average molecular weight is 290 g/mol. The third-order valence-corrected chi connectivity index (χ3v) is 3.03. The SMILES string of the molecule is CCC(C(=O)O)N(C(C)=O)c1ccc(Cl)cc1Cl. The zero-order valence-electron chi connectivity index (χ0n) is 9.98. The number of anilines is 1. The highest BCUT2D eigenvalue weighted by Crippen LogP contribution is 2.30. The van der Waals surface area contributed by atoms with Crippen molar-refractivity contribution in [2.75, 3.05) is 4.90 Å². The maximum Gasteiger partial charge on any atom is 0.326 e. The number of carboxylic acid groups (broad SMARTS) is 1. The molecule has 0 saturated carbocycles. The molecule has 1 atom stereocenters. The third kappa shape index (κ3) is 3.15. The summed E-state index contributed by atoms with van der Waals surface area (Å²) in [5.41, 5.74) is 0.350. The summed E-state index contributed by atoms with van der Waals surface area (Å²) >= 11 is 11.8. The lowest BCUT2D eigenvalue weighted by Gasteiger charge is -2.28. The van der Waals surface area contributed by atoms with E-state index in [1.54, 1.807) is 13.0 Å². The second-order valence-corrected chi connectivity index (χ2v) is 4.59. The van der Waals surface area contributed by atoms with E-state index >= 15 is 0 Å². The van der Waals surface area contributed by atoms with Crippen molar-refractivity contribution in [2.45, 2.75) is 26.3 Å². The van der Waals surface area contributed by atoms with Gasteiger partial charge in [0.05, 0.1) is 10.7 Å². The van der Waals surface area contributed by atoms with Crippen molar-refractivity contribution < 1.29 is 14.7 Å². The molecule has 1 N–H and O–H groups in total. The summed E-state index contributed by atoms with van der Waals surface area (Å²) in [5, 5.41) is 9.81. The molecule has 6 heteroatoms. The van der Waals surface area contributed by atoms with Gasteiger partial charge in [0, 0.05) is 11.9 Å². The number of hydrogen-bond acceptors (Lipinski definition) is 2. The summed E-state index contributed by atoms with van der Waals surface area (Å²) in [6, 6.07) is 3.63. The molecule has 0 aliphatic rings. The van der Waals surface area contributed by atoms with Gasteiger partial charge < -0.3 is 5.11 Å². The second kappa shape index (κ2) is 6.07. The predicted molar refractivity (Wildman–Crippen MR) is 71.3 cm³/mol. The summed E-state index contributed by atoms with van der Waals surface area (Å²) in [6.45, 7) is 3.00. The van der Waals surface area contributed by atoms with E-state index in [9.17, 15) is 9.59 Å². The summed E-state index contributed by atoms with van der Waals surface area (Å²) in [5.74, 6) is -1.45. The molecular formula is C12H13Cl2NO3. The number of carbonyl (C=O) groups is 2. The largest absolute Gasteiger partial charge is 0.480 e. The lowest BCUT2D eigenvalue weighted by molar-refractivity contribution is -0.140. The predicted octanol–water partition coefficient (Wildman–Crippen LogP) is 3.21. The van der Waals surface area contributed by atoms with Gasteiger partial charge in [0.1, 0.15) is 6.04 Å². The molecule has 0 bridgehead atoms. The van der Waals surface area contributed by atoms with E-state index in [0.29, 0.717) is 10.7 Å². The first kappa shape index (κ1) is 14.8. The standard InChI is InChI=1S/C12H13Cl2NO3/c1-3-10(12(17)18)15(7(2)16)11-5-4-8(13)6-9(11)14/h4-6,10H,3H2,1-2H3,(H,17,18). The van der Waals surface area contributed by atoms with Crippen molar-refractivity contribution in [1.29, 1.82) is 0 Å². The fraction of sp³-hybridized carbons (Fsp3) is 0.333. The third-order valence-electron chi connectivity index (χ3n) is 2.49. The zero-order chi connectivity index (χ0) is 13.9. The number of rotatable bonds is 4. The summed E-state index contributed by atoms with van der Waals surface area (Å²) in [6.07, 6.45) is 0.286. The van der Waals surface area contributed by atoms with E-state index < -0.39 is 12.0 Å². The van der Waals surface area contributed by atoms with Gasteiger partial charge in [-0.2, -0.15) is 0 Å². The van der Waals surface area contributed by atoms with Gasteiger partial charge in [0.15, 0.2) is 0 Å². The Labute approximate surface area is 115 Å². The van der Waals surface area contributed by atoms with Crippen LogP contribution in [0, 0.1) is 0 Å². The topological polar surface area (TPSA) is 57.6 Å². The Hall–Kier alpha value is -1.26. The molecule has 1 aromatic carbocycles. The molecule has 0 heterocycles. The number of hydrogen-bond donors (Lipinski definition) is 1. The first-order valence-electron chi connectivity index (χ1n) is 5.36. The molecule has 4 nitrogen and oxygen atoms in total. The number of aliphatic carboxylic acids is 1. The normalized spacial score (nSPS) is 12.0. The van der Waals surface area contributed by atoms with Crippen LogP contribution in [0.15, 0.2) is 18.2 Å². The van der Waals surface area contributed by atoms with Crippen LogP contribution in [0.1, 0.15) is 20.3 Å². The van der Waals surface area contributed by atoms with Crippen molar-refractivity contribution >= 4 is 40.8 Å². The van der Waals surface area contributed by atoms with Crippen molar-refractivity contribution in [2.24, 2.45) is 0 Å². The van der Waals surface area contributed by atoms with Crippen LogP contribution in [0.5, 0.6) is 0 Å². The maximum absolute atomic E-state index is 11.7. The molecule has 1 aromatic rings. The molecule has 1 rings (SSSR count). The molecule has 18 heavy (non-hydrogen) atoms. The molecule has 0 aliphatic carbocycles. The van der Waals surface area contributed by atoms with Crippen molar-refractivity contribution in [1.82, 2.24) is 0 Å². The Balaban J connectivity index is 3.27. The van der Waals surface area contributed by atoms with Gasteiger partial charge in [0.25, 0.3) is 0 Å². The lowest BCUT2D eigenvalue weighted by atomic mass is 10.1. The van der Waals surface area contributed by atoms with E-state index in [1.165, 1.54) is 24.0 Å². The first-order valence-corrected chi connectivity index (χ1v) is 6.11. The molecule has 0 saturated heterocycles. The molecule has 1 amide bonds. The van der Waals surface area contributed by atoms with Crippen molar-refractivity contribution in [3.8, 4) is 0 Å². The van der Waals surface area contributed by atoms with Gasteiger partial charge in [-0.25, -0.2) is 4.79 Å². The van der Waals surface area contributed by atoms with E-state index in [1.807, 2.05) is 0 Å². The highest BCUT2D eigenvalue weighted by atomic mass is 35.5. The summed E-state index contributed by atoms with van der Waals surface area (Å²) in [4.78, 5) is 24.0. The lowest BCUT2D eigenvalue weighted by Crippen LogP contribution is -2.44. The number of carbonyl (C=O) groups excluding carboxylic acids is 1. The van der Waals surface area contributed by atoms with Crippen LogP contribution in [0.3, 0.4) is 0 Å². The molecule has 0 radical (unpaired) electrons.